The molecule has 1 amide bonds. The van der Waals surface area contributed by atoms with Gasteiger partial charge in [-0.2, -0.15) is 0 Å². The predicted molar refractivity (Wildman–Crippen MR) is 49.3 cm³/mol. The van der Waals surface area contributed by atoms with E-state index in [2.05, 4.69) is 5.32 Å². The first kappa shape index (κ1) is 12.3. The lowest BCUT2D eigenvalue weighted by molar-refractivity contribution is -0.120. The molecule has 78 valence electrons. The molecule has 0 bridgehead atoms. The number of nitrogens with one attached hydrogen (secondary N) is 1. The molecule has 0 spiro atoms. The molecule has 13 heavy (non-hydrogen) atoms. The number of amides is 1. The average Bonchev–Trinajstić information content (AvgIpc) is 1.97. The zero-order chi connectivity index (χ0) is 10.3. The zero-order valence-corrected chi connectivity index (χ0v) is 8.14. The van der Waals surface area contributed by atoms with Crippen LogP contribution in [0.4, 0.5) is 0 Å². The van der Waals surface area contributed by atoms with E-state index >= 15 is 0 Å². The molecule has 0 atom stereocenters. The normalized spacial score (nSPS) is 11.2. The van der Waals surface area contributed by atoms with E-state index in [1.54, 1.807) is 0 Å². The summed E-state index contributed by atoms with van der Waals surface area (Å²) in [5.74, 6) is -0.285. The van der Waals surface area contributed by atoms with Gasteiger partial charge in [0.25, 0.3) is 0 Å². The highest BCUT2D eigenvalue weighted by Crippen LogP contribution is 1.84. The molecule has 0 aliphatic heterocycles. The highest BCUT2D eigenvalue weighted by Gasteiger charge is 2.02. The second-order valence-corrected chi connectivity index (χ2v) is 4.34. The van der Waals surface area contributed by atoms with Gasteiger partial charge in [-0.15, -0.1) is 0 Å². The number of carbonyl (C=O) groups excluding carboxylic acids is 1. The zero-order valence-electron chi connectivity index (χ0n) is 7.32. The van der Waals surface area contributed by atoms with Crippen molar-refractivity contribution in [2.24, 2.45) is 10.9 Å². The van der Waals surface area contributed by atoms with Crippen LogP contribution in [0.15, 0.2) is 0 Å². The van der Waals surface area contributed by atoms with E-state index in [1.165, 1.54) is 0 Å². The van der Waals surface area contributed by atoms with Crippen molar-refractivity contribution in [1.82, 2.24) is 5.32 Å². The minimum absolute atomic E-state index is 0.115. The third-order valence-corrected chi connectivity index (χ3v) is 2.16. The molecule has 0 aliphatic rings. The molecule has 0 saturated heterocycles. The third-order valence-electron chi connectivity index (χ3n) is 1.30. The van der Waals surface area contributed by atoms with Crippen LogP contribution in [-0.4, -0.2) is 33.2 Å². The van der Waals surface area contributed by atoms with Crippen LogP contribution >= 0.6 is 0 Å². The lowest BCUT2D eigenvalue weighted by Crippen LogP contribution is -2.28. The van der Waals surface area contributed by atoms with Gasteiger partial charge in [0.15, 0.2) is 0 Å². The number of hydrogen-bond donors (Lipinski definition) is 3. The fraction of sp³-hybridized carbons (Fsp3) is 0.833. The summed E-state index contributed by atoms with van der Waals surface area (Å²) in [6.45, 7) is 0.607. The van der Waals surface area contributed by atoms with Crippen molar-refractivity contribution in [1.29, 1.82) is 0 Å². The van der Waals surface area contributed by atoms with Crippen LogP contribution in [0.3, 0.4) is 0 Å². The SMILES string of the molecule is NCCC(=O)NCCCS(N)(=O)=O. The van der Waals surface area contributed by atoms with Gasteiger partial charge in [0, 0.05) is 19.5 Å². The summed E-state index contributed by atoms with van der Waals surface area (Å²) in [7, 11) is -3.41. The third kappa shape index (κ3) is 9.25. The molecule has 0 aliphatic carbocycles. The van der Waals surface area contributed by atoms with Crippen molar-refractivity contribution in [3.8, 4) is 0 Å². The molecule has 0 aromatic heterocycles. The lowest BCUT2D eigenvalue weighted by Gasteiger charge is -2.02. The van der Waals surface area contributed by atoms with Crippen LogP contribution in [0.1, 0.15) is 12.8 Å². The van der Waals surface area contributed by atoms with Gasteiger partial charge in [-0.3, -0.25) is 4.79 Å². The van der Waals surface area contributed by atoms with E-state index in [4.69, 9.17) is 10.9 Å². The second kappa shape index (κ2) is 5.90. The molecular formula is C6H15N3O3S. The lowest BCUT2D eigenvalue weighted by atomic mass is 10.4. The summed E-state index contributed by atoms with van der Waals surface area (Å²) >= 11 is 0. The Kier molecular flexibility index (Phi) is 5.60. The van der Waals surface area contributed by atoms with Crippen LogP contribution in [-0.2, 0) is 14.8 Å². The molecule has 0 aromatic carbocycles. The summed E-state index contributed by atoms with van der Waals surface area (Å²) < 4.78 is 20.9. The smallest absolute Gasteiger partial charge is 0.221 e. The summed E-state index contributed by atoms with van der Waals surface area (Å²) in [6.07, 6.45) is 0.588. The van der Waals surface area contributed by atoms with Crippen molar-refractivity contribution in [2.45, 2.75) is 12.8 Å². The topological polar surface area (TPSA) is 115 Å². The highest BCUT2D eigenvalue weighted by molar-refractivity contribution is 7.89. The van der Waals surface area contributed by atoms with Gasteiger partial charge in [0.1, 0.15) is 0 Å². The fourth-order valence-corrected chi connectivity index (χ4v) is 1.27. The first-order chi connectivity index (χ1) is 5.95. The van der Waals surface area contributed by atoms with Crippen LogP contribution in [0, 0.1) is 0 Å². The van der Waals surface area contributed by atoms with Gasteiger partial charge in [-0.05, 0) is 6.42 Å². The maximum Gasteiger partial charge on any atom is 0.221 e. The van der Waals surface area contributed by atoms with Crippen molar-refractivity contribution >= 4 is 15.9 Å². The number of primary sulfonamides is 1. The summed E-state index contributed by atoms with van der Waals surface area (Å²) in [5, 5.41) is 7.27. The molecule has 7 heteroatoms. The number of nitrogens with two attached hydrogens (primary N) is 2. The molecule has 0 fully saturated rings. The van der Waals surface area contributed by atoms with Crippen LogP contribution in [0.5, 0.6) is 0 Å². The number of carbonyl (C=O) groups is 1. The van der Waals surface area contributed by atoms with E-state index in [-0.39, 0.29) is 18.1 Å². The van der Waals surface area contributed by atoms with Crippen molar-refractivity contribution in [3.05, 3.63) is 0 Å². The van der Waals surface area contributed by atoms with Crippen molar-refractivity contribution < 1.29 is 13.2 Å². The van der Waals surface area contributed by atoms with E-state index in [1.807, 2.05) is 0 Å². The Morgan fingerprint density at radius 1 is 1.38 bits per heavy atom. The number of hydrogen-bond acceptors (Lipinski definition) is 4. The first-order valence-corrected chi connectivity index (χ1v) is 5.64. The second-order valence-electron chi connectivity index (χ2n) is 2.61. The van der Waals surface area contributed by atoms with E-state index in [0.717, 1.165) is 0 Å². The first-order valence-electron chi connectivity index (χ1n) is 3.93. The van der Waals surface area contributed by atoms with E-state index < -0.39 is 10.0 Å². The van der Waals surface area contributed by atoms with Gasteiger partial charge in [-0.1, -0.05) is 0 Å². The minimum atomic E-state index is -3.41. The molecule has 0 radical (unpaired) electrons. The number of sulfonamides is 1. The molecule has 0 unspecified atom stereocenters. The summed E-state index contributed by atoms with van der Waals surface area (Å²) in [6, 6.07) is 0. The molecule has 6 nitrogen and oxygen atoms in total. The quantitative estimate of drug-likeness (QED) is 0.444. The number of rotatable bonds is 6. The highest BCUT2D eigenvalue weighted by atomic mass is 32.2. The van der Waals surface area contributed by atoms with Crippen LogP contribution in [0.2, 0.25) is 0 Å². The Hall–Kier alpha value is -0.660. The van der Waals surface area contributed by atoms with Crippen molar-refractivity contribution in [3.63, 3.8) is 0 Å². The van der Waals surface area contributed by atoms with Gasteiger partial charge < -0.3 is 11.1 Å². The fourth-order valence-electron chi connectivity index (χ4n) is 0.721. The Balaban J connectivity index is 3.41. The van der Waals surface area contributed by atoms with Gasteiger partial charge in [0.05, 0.1) is 5.75 Å². The largest absolute Gasteiger partial charge is 0.356 e. The summed E-state index contributed by atoms with van der Waals surface area (Å²) in [4.78, 5) is 10.8. The maximum atomic E-state index is 10.8. The average molecular weight is 209 g/mol. The molecule has 0 heterocycles. The van der Waals surface area contributed by atoms with Crippen LogP contribution in [0.25, 0.3) is 0 Å². The van der Waals surface area contributed by atoms with Gasteiger partial charge >= 0.3 is 0 Å². The standard InChI is InChI=1S/C6H15N3O3S/c7-3-2-6(10)9-4-1-5-13(8,11)12/h1-5,7H2,(H,9,10)(H2,8,11,12). The molecule has 0 aromatic rings. The van der Waals surface area contributed by atoms with E-state index in [0.29, 0.717) is 19.5 Å². The Labute approximate surface area is 77.7 Å². The minimum Gasteiger partial charge on any atom is -0.356 e. The van der Waals surface area contributed by atoms with Crippen molar-refractivity contribution in [2.75, 3.05) is 18.8 Å². The monoisotopic (exact) mass is 209 g/mol. The van der Waals surface area contributed by atoms with Gasteiger partial charge in [0.2, 0.25) is 15.9 Å². The molecule has 5 N–H and O–H groups in total. The molecular weight excluding hydrogens is 194 g/mol. The van der Waals surface area contributed by atoms with Gasteiger partial charge in [-0.25, -0.2) is 13.6 Å². The predicted octanol–water partition coefficient (Wildman–Crippen LogP) is -1.87. The molecule has 0 rings (SSSR count). The van der Waals surface area contributed by atoms with E-state index in [9.17, 15) is 13.2 Å². The molecule has 0 saturated carbocycles. The maximum absolute atomic E-state index is 10.8. The Morgan fingerprint density at radius 3 is 2.46 bits per heavy atom. The Morgan fingerprint density at radius 2 is 2.00 bits per heavy atom. The summed E-state index contributed by atoms with van der Waals surface area (Å²) in [5.41, 5.74) is 5.13. The Bertz CT molecular complexity index is 250. The van der Waals surface area contributed by atoms with Crippen LogP contribution < -0.4 is 16.2 Å².